The Morgan fingerprint density at radius 3 is 2.69 bits per heavy atom. The van der Waals surface area contributed by atoms with Gasteiger partial charge in [-0.3, -0.25) is 0 Å². The molecule has 1 aliphatic rings. The first-order valence-electron chi connectivity index (χ1n) is 4.82. The van der Waals surface area contributed by atoms with E-state index >= 15 is 0 Å². The van der Waals surface area contributed by atoms with Crippen molar-refractivity contribution in [3.8, 4) is 0 Å². The van der Waals surface area contributed by atoms with Gasteiger partial charge in [0, 0.05) is 0 Å². The van der Waals surface area contributed by atoms with Crippen molar-refractivity contribution < 1.29 is 19.1 Å². The van der Waals surface area contributed by atoms with E-state index in [9.17, 15) is 9.59 Å². The van der Waals surface area contributed by atoms with E-state index in [1.807, 2.05) is 18.2 Å². The second kappa shape index (κ2) is 4.22. The predicted molar refractivity (Wildman–Crippen MR) is 54.6 cm³/mol. The van der Waals surface area contributed by atoms with Gasteiger partial charge in [0.25, 0.3) is 0 Å². The Morgan fingerprint density at radius 1 is 1.38 bits per heavy atom. The van der Waals surface area contributed by atoms with Gasteiger partial charge in [0.05, 0.1) is 7.11 Å². The van der Waals surface area contributed by atoms with Gasteiger partial charge in [0.1, 0.15) is 0 Å². The molecule has 0 bridgehead atoms. The Kier molecular flexibility index (Phi) is 2.76. The van der Waals surface area contributed by atoms with Gasteiger partial charge in [-0.2, -0.15) is 0 Å². The number of carbonyl (C=O) groups is 2. The summed E-state index contributed by atoms with van der Waals surface area (Å²) in [7, 11) is 1.27. The highest BCUT2D eigenvalue weighted by molar-refractivity contribution is 5.85. The average molecular weight is 221 g/mol. The van der Waals surface area contributed by atoms with Gasteiger partial charge in [0.15, 0.2) is 12.1 Å². The van der Waals surface area contributed by atoms with Crippen molar-refractivity contribution >= 4 is 12.1 Å². The molecule has 1 heterocycles. The topological polar surface area (TPSA) is 64.6 Å². The molecule has 1 aromatic rings. The molecular weight excluding hydrogens is 210 g/mol. The fourth-order valence-electron chi connectivity index (χ4n) is 1.63. The maximum atomic E-state index is 11.4. The average Bonchev–Trinajstić information content (AvgIpc) is 2.71. The van der Waals surface area contributed by atoms with Crippen LogP contribution in [0.4, 0.5) is 4.79 Å². The lowest BCUT2D eigenvalue weighted by Gasteiger charge is -2.14. The molecule has 0 spiro atoms. The van der Waals surface area contributed by atoms with Crippen LogP contribution in [0.25, 0.3) is 0 Å². The van der Waals surface area contributed by atoms with Crippen molar-refractivity contribution in [2.24, 2.45) is 0 Å². The van der Waals surface area contributed by atoms with Gasteiger partial charge in [-0.05, 0) is 5.56 Å². The minimum atomic E-state index is -0.778. The summed E-state index contributed by atoms with van der Waals surface area (Å²) in [6.07, 6.45) is -1.23. The Bertz CT molecular complexity index is 404. The zero-order valence-corrected chi connectivity index (χ0v) is 8.67. The highest BCUT2D eigenvalue weighted by Crippen LogP contribution is 2.26. The standard InChI is InChI=1S/C11H11NO4/c1-15-10(13)8-9(16-11(14)12-8)7-5-3-2-4-6-7/h2-6,8-9H,1H3,(H,12,14)/t8-,9+/m1/s1. The second-order valence-corrected chi connectivity index (χ2v) is 3.38. The molecule has 1 aromatic carbocycles. The third-order valence-electron chi connectivity index (χ3n) is 2.39. The molecule has 1 amide bonds. The third-order valence-corrected chi connectivity index (χ3v) is 2.39. The summed E-state index contributed by atoms with van der Waals surface area (Å²) in [6.45, 7) is 0. The zero-order chi connectivity index (χ0) is 11.5. The van der Waals surface area contributed by atoms with Gasteiger partial charge in [-0.1, -0.05) is 30.3 Å². The molecule has 0 aromatic heterocycles. The predicted octanol–water partition coefficient (Wildman–Crippen LogP) is 1.01. The minimum absolute atomic E-state index is 0.514. The number of benzene rings is 1. The van der Waals surface area contributed by atoms with E-state index in [-0.39, 0.29) is 0 Å². The lowest BCUT2D eigenvalue weighted by atomic mass is 10.0. The number of esters is 1. The summed E-state index contributed by atoms with van der Waals surface area (Å²) in [5, 5.41) is 2.42. The molecule has 2 rings (SSSR count). The molecule has 16 heavy (non-hydrogen) atoms. The highest BCUT2D eigenvalue weighted by Gasteiger charge is 2.40. The van der Waals surface area contributed by atoms with Crippen LogP contribution in [0.2, 0.25) is 0 Å². The Morgan fingerprint density at radius 2 is 2.06 bits per heavy atom. The minimum Gasteiger partial charge on any atom is -0.467 e. The van der Waals surface area contributed by atoms with Crippen LogP contribution in [-0.2, 0) is 14.3 Å². The van der Waals surface area contributed by atoms with Crippen LogP contribution in [0.3, 0.4) is 0 Å². The summed E-state index contributed by atoms with van der Waals surface area (Å²) in [6, 6.07) is 8.29. The van der Waals surface area contributed by atoms with E-state index in [0.717, 1.165) is 5.56 Å². The number of hydrogen-bond donors (Lipinski definition) is 1. The molecule has 0 aliphatic carbocycles. The van der Waals surface area contributed by atoms with Crippen molar-refractivity contribution in [2.45, 2.75) is 12.1 Å². The number of methoxy groups -OCH3 is 1. The van der Waals surface area contributed by atoms with Crippen LogP contribution in [-0.4, -0.2) is 25.2 Å². The first-order chi connectivity index (χ1) is 7.72. The second-order valence-electron chi connectivity index (χ2n) is 3.38. The van der Waals surface area contributed by atoms with E-state index < -0.39 is 24.2 Å². The molecule has 1 aliphatic heterocycles. The first-order valence-corrected chi connectivity index (χ1v) is 4.82. The van der Waals surface area contributed by atoms with Gasteiger partial charge in [-0.15, -0.1) is 0 Å². The Balaban J connectivity index is 2.26. The number of hydrogen-bond acceptors (Lipinski definition) is 4. The maximum Gasteiger partial charge on any atom is 0.408 e. The van der Waals surface area contributed by atoms with Crippen LogP contribution in [0.15, 0.2) is 30.3 Å². The fraction of sp³-hybridized carbons (Fsp3) is 0.273. The van der Waals surface area contributed by atoms with Crippen LogP contribution in [0, 0.1) is 0 Å². The molecule has 0 saturated carbocycles. The SMILES string of the molecule is COC(=O)[C@@H]1NC(=O)O[C@H]1c1ccccc1. The van der Waals surface area contributed by atoms with Gasteiger partial charge < -0.3 is 14.8 Å². The van der Waals surface area contributed by atoms with Crippen molar-refractivity contribution in [3.05, 3.63) is 35.9 Å². The summed E-state index contributed by atoms with van der Waals surface area (Å²) in [5.74, 6) is -0.514. The van der Waals surface area contributed by atoms with Crippen molar-refractivity contribution in [2.75, 3.05) is 7.11 Å². The summed E-state index contributed by atoms with van der Waals surface area (Å²) >= 11 is 0. The van der Waals surface area contributed by atoms with Crippen molar-refractivity contribution in [1.29, 1.82) is 0 Å². The number of alkyl carbamates (subject to hydrolysis) is 1. The van der Waals surface area contributed by atoms with E-state index in [4.69, 9.17) is 4.74 Å². The number of carbonyl (C=O) groups excluding carboxylic acids is 2. The largest absolute Gasteiger partial charge is 0.467 e. The molecule has 0 radical (unpaired) electrons. The van der Waals surface area contributed by atoms with Crippen molar-refractivity contribution in [1.82, 2.24) is 5.32 Å². The first kappa shape index (κ1) is 10.5. The number of nitrogens with one attached hydrogen (secondary N) is 1. The Hall–Kier alpha value is -2.04. The molecule has 0 unspecified atom stereocenters. The van der Waals surface area contributed by atoms with Crippen LogP contribution in [0.1, 0.15) is 11.7 Å². The van der Waals surface area contributed by atoms with Crippen LogP contribution >= 0.6 is 0 Å². The molecule has 1 saturated heterocycles. The number of ether oxygens (including phenoxy) is 2. The fourth-order valence-corrected chi connectivity index (χ4v) is 1.63. The number of cyclic esters (lactones) is 1. The molecule has 5 heteroatoms. The summed E-state index contributed by atoms with van der Waals surface area (Å²) < 4.78 is 9.63. The van der Waals surface area contributed by atoms with E-state index in [0.29, 0.717) is 0 Å². The highest BCUT2D eigenvalue weighted by atomic mass is 16.6. The quantitative estimate of drug-likeness (QED) is 0.757. The molecule has 84 valence electrons. The molecule has 1 fully saturated rings. The number of rotatable bonds is 2. The monoisotopic (exact) mass is 221 g/mol. The van der Waals surface area contributed by atoms with Crippen LogP contribution in [0.5, 0.6) is 0 Å². The lowest BCUT2D eigenvalue weighted by molar-refractivity contribution is -0.144. The van der Waals surface area contributed by atoms with Gasteiger partial charge in [-0.25, -0.2) is 9.59 Å². The van der Waals surface area contributed by atoms with Crippen LogP contribution < -0.4 is 5.32 Å². The third kappa shape index (κ3) is 1.84. The molecule has 1 N–H and O–H groups in total. The smallest absolute Gasteiger partial charge is 0.408 e. The summed E-state index contributed by atoms with van der Waals surface area (Å²) in [5.41, 5.74) is 0.760. The normalized spacial score (nSPS) is 23.4. The van der Waals surface area contributed by atoms with E-state index in [1.54, 1.807) is 12.1 Å². The summed E-state index contributed by atoms with van der Waals surface area (Å²) in [4.78, 5) is 22.5. The maximum absolute atomic E-state index is 11.4. The molecule has 5 nitrogen and oxygen atoms in total. The van der Waals surface area contributed by atoms with E-state index in [1.165, 1.54) is 7.11 Å². The van der Waals surface area contributed by atoms with Crippen molar-refractivity contribution in [3.63, 3.8) is 0 Å². The van der Waals surface area contributed by atoms with Gasteiger partial charge in [0.2, 0.25) is 0 Å². The van der Waals surface area contributed by atoms with E-state index in [2.05, 4.69) is 10.1 Å². The lowest BCUT2D eigenvalue weighted by Crippen LogP contribution is -2.36. The molecular formula is C11H11NO4. The zero-order valence-electron chi connectivity index (χ0n) is 8.67. The number of amides is 1. The molecule has 2 atom stereocenters. The Labute approximate surface area is 92.4 Å². The van der Waals surface area contributed by atoms with Gasteiger partial charge >= 0.3 is 12.1 Å².